The van der Waals surface area contributed by atoms with E-state index in [4.69, 9.17) is 49.6 Å². The number of methoxy groups -OCH3 is 1. The molecule has 96 heavy (non-hydrogen) atoms. The lowest BCUT2D eigenvalue weighted by Gasteiger charge is -2.42. The lowest BCUT2D eigenvalue weighted by Crippen LogP contribution is -2.57. The summed E-state index contributed by atoms with van der Waals surface area (Å²) in [6.45, 7) is 17.3. The van der Waals surface area contributed by atoms with E-state index < -0.39 is 40.8 Å². The molecular weight excluding hydrogens is 1250 g/mol. The van der Waals surface area contributed by atoms with Crippen molar-refractivity contribution in [3.05, 3.63) is 101 Å². The summed E-state index contributed by atoms with van der Waals surface area (Å²) in [4.78, 5) is 87.5. The monoisotopic (exact) mass is 1330 g/mol. The van der Waals surface area contributed by atoms with Gasteiger partial charge in [0.2, 0.25) is 11.8 Å². The Labute approximate surface area is 560 Å². The quantitative estimate of drug-likeness (QED) is 0.0623. The summed E-state index contributed by atoms with van der Waals surface area (Å²) in [5, 5.41) is 8.68. The van der Waals surface area contributed by atoms with Crippen molar-refractivity contribution < 1.29 is 56.2 Å². The molecule has 4 amide bonds. The highest BCUT2D eigenvalue weighted by Crippen LogP contribution is 2.45. The number of ether oxygens (including phenoxy) is 5. The zero-order valence-electron chi connectivity index (χ0n) is 55.6. The number of carbonyl (C=O) groups excluding carboxylic acids is 4. The second kappa shape index (κ2) is 27.1. The van der Waals surface area contributed by atoms with Crippen LogP contribution in [0.25, 0.3) is 43.4 Å². The number of nitrogens with one attached hydrogen (secondary N) is 1. The first-order chi connectivity index (χ1) is 46.2. The summed E-state index contributed by atoms with van der Waals surface area (Å²) in [7, 11) is 1.48. The number of fused-ring (bicyclic) bond motifs is 5. The van der Waals surface area contributed by atoms with Crippen LogP contribution in [0.2, 0.25) is 0 Å². The lowest BCUT2D eigenvalue weighted by molar-refractivity contribution is -0.141. The van der Waals surface area contributed by atoms with Crippen molar-refractivity contribution in [2.45, 2.75) is 147 Å². The number of hydrogen-bond donors (Lipinski definition) is 1. The van der Waals surface area contributed by atoms with Crippen LogP contribution in [0.4, 0.5) is 30.0 Å². The smallest absolute Gasteiger partial charge is 0.410 e. The number of nitrogens with zero attached hydrogens (tertiary/aromatic N) is 11. The molecule has 22 nitrogen and oxygen atoms in total. The van der Waals surface area contributed by atoms with Crippen molar-refractivity contribution in [1.29, 1.82) is 0 Å². The van der Waals surface area contributed by atoms with Crippen LogP contribution >= 0.6 is 11.3 Å². The normalized spacial score (nSPS) is 21.8. The third-order valence-electron chi connectivity index (χ3n) is 19.9. The highest BCUT2D eigenvalue weighted by molar-refractivity contribution is 7.13. The Hall–Kier alpha value is -8.73. The molecular formula is C71H82F2N12O10S. The van der Waals surface area contributed by atoms with Crippen LogP contribution in [-0.2, 0) is 23.8 Å². The number of hydrogen-bond acceptors (Lipinski definition) is 19. The molecule has 6 aliphatic rings. The molecule has 7 unspecified atom stereocenters. The van der Waals surface area contributed by atoms with E-state index in [9.17, 15) is 19.2 Å². The molecule has 0 aliphatic carbocycles. The Kier molecular flexibility index (Phi) is 18.6. The fourth-order valence-corrected chi connectivity index (χ4v) is 16.0. The van der Waals surface area contributed by atoms with E-state index in [2.05, 4.69) is 26.3 Å². The minimum absolute atomic E-state index is 0.0535. The number of benzene rings is 3. The first-order valence-electron chi connectivity index (χ1n) is 33.3. The van der Waals surface area contributed by atoms with Gasteiger partial charge < -0.3 is 53.1 Å². The Bertz CT molecular complexity index is 4120. The van der Waals surface area contributed by atoms with Crippen molar-refractivity contribution >= 4 is 68.6 Å². The van der Waals surface area contributed by atoms with Gasteiger partial charge in [-0.25, -0.2) is 23.4 Å². The van der Waals surface area contributed by atoms with Gasteiger partial charge >= 0.3 is 18.2 Å². The minimum atomic E-state index is -0.808. The summed E-state index contributed by atoms with van der Waals surface area (Å²) in [6.07, 6.45) is 12.6. The Morgan fingerprint density at radius 1 is 0.875 bits per heavy atom. The van der Waals surface area contributed by atoms with Crippen molar-refractivity contribution in [3.63, 3.8) is 0 Å². The summed E-state index contributed by atoms with van der Waals surface area (Å²) in [5.74, 6) is 1.53. The van der Waals surface area contributed by atoms with Crippen LogP contribution in [0.3, 0.4) is 0 Å². The van der Waals surface area contributed by atoms with E-state index >= 15 is 8.78 Å². The Balaban J connectivity index is 0.661. The molecule has 4 aromatic heterocycles. The Morgan fingerprint density at radius 3 is 2.35 bits per heavy atom. The lowest BCUT2D eigenvalue weighted by atomic mass is 9.91. The molecule has 13 rings (SSSR count). The van der Waals surface area contributed by atoms with E-state index in [0.29, 0.717) is 92.6 Å². The van der Waals surface area contributed by atoms with E-state index in [1.165, 1.54) is 19.4 Å². The summed E-state index contributed by atoms with van der Waals surface area (Å²) in [5.41, 5.74) is 3.63. The van der Waals surface area contributed by atoms with Crippen molar-refractivity contribution in [1.82, 2.24) is 50.0 Å². The van der Waals surface area contributed by atoms with Gasteiger partial charge in [0, 0.05) is 82.2 Å². The van der Waals surface area contributed by atoms with Crippen LogP contribution < -0.4 is 24.6 Å². The average Bonchev–Trinajstić information content (AvgIpc) is 1.68. The van der Waals surface area contributed by atoms with Crippen LogP contribution in [-0.4, -0.2) is 183 Å². The highest BCUT2D eigenvalue weighted by atomic mass is 32.1. The third-order valence-corrected chi connectivity index (χ3v) is 20.9. The molecule has 0 spiro atoms. The van der Waals surface area contributed by atoms with Gasteiger partial charge in [-0.1, -0.05) is 55.3 Å². The number of rotatable bonds is 18. The minimum Gasteiger partial charge on any atom is -0.468 e. The molecule has 7 aromatic rings. The number of piperazine rings is 2. The van der Waals surface area contributed by atoms with Gasteiger partial charge in [0.15, 0.2) is 24.2 Å². The molecule has 7 atom stereocenters. The molecule has 6 saturated heterocycles. The number of amides is 4. The number of anilines is 2. The predicted octanol–water partition coefficient (Wildman–Crippen LogP) is 11.0. The predicted molar refractivity (Wildman–Crippen MR) is 358 cm³/mol. The highest BCUT2D eigenvalue weighted by Gasteiger charge is 2.51. The van der Waals surface area contributed by atoms with Crippen molar-refractivity contribution in [2.75, 3.05) is 89.3 Å². The van der Waals surface area contributed by atoms with Gasteiger partial charge in [0.05, 0.1) is 50.7 Å². The van der Waals surface area contributed by atoms with Crippen LogP contribution in [0.5, 0.6) is 11.8 Å². The topological polar surface area (TPSA) is 223 Å². The van der Waals surface area contributed by atoms with E-state index in [-0.39, 0.29) is 102 Å². The SMILES string of the molecule is C#Cc1c(F)ccc2cc(OCOC)cc(-c3ncc4c(N5CC6CCC(C5)N6C(=O)OC(C)(C)C)nc(OCC56CCCN5C(COC(=O)N5CCN(c7cc(C(C(=O)N8CCCC8C(=O)NC(C)c8ccc(-c9scnc9C)cc8)C(C)C)on7)CC5)CC6)nc4c3F)c12. The second-order valence-corrected chi connectivity index (χ2v) is 28.4. The van der Waals surface area contributed by atoms with Gasteiger partial charge in [0.25, 0.3) is 0 Å². The summed E-state index contributed by atoms with van der Waals surface area (Å²) >= 11 is 1.60. The molecule has 6 fully saturated rings. The zero-order chi connectivity index (χ0) is 67.3. The van der Waals surface area contributed by atoms with E-state index in [1.54, 1.807) is 39.3 Å². The maximum atomic E-state index is 17.9. The van der Waals surface area contributed by atoms with E-state index in [1.807, 2.05) is 99.0 Å². The first kappa shape index (κ1) is 65.9. The molecule has 10 heterocycles. The number of aromatic nitrogens is 5. The molecule has 0 saturated carbocycles. The maximum Gasteiger partial charge on any atom is 0.410 e. The molecule has 1 N–H and O–H groups in total. The van der Waals surface area contributed by atoms with Gasteiger partial charge in [-0.3, -0.25) is 24.4 Å². The second-order valence-electron chi connectivity index (χ2n) is 27.5. The number of likely N-dealkylation sites (tertiary alicyclic amines) is 1. The fourth-order valence-electron chi connectivity index (χ4n) is 15.2. The van der Waals surface area contributed by atoms with Crippen molar-refractivity contribution in [2.24, 2.45) is 5.92 Å². The summed E-state index contributed by atoms with van der Waals surface area (Å²) < 4.78 is 69.0. The third kappa shape index (κ3) is 12.9. The van der Waals surface area contributed by atoms with Crippen molar-refractivity contribution in [3.8, 4) is 45.8 Å². The molecule has 3 aromatic carbocycles. The fraction of sp³-hybridized carbons (Fsp3) is 0.507. The average molecular weight is 1330 g/mol. The van der Waals surface area contributed by atoms with Crippen LogP contribution in [0, 0.1) is 36.8 Å². The first-order valence-corrected chi connectivity index (χ1v) is 34.2. The number of aryl methyl sites for hydroxylation is 1. The number of pyridine rings is 1. The zero-order valence-corrected chi connectivity index (χ0v) is 56.4. The molecule has 0 radical (unpaired) electrons. The standard InChI is InChI=1S/C71H82F2N12O10S/c1-10-51-54(72)21-18-46-31-50(93-40-90-9)32-52(59(46)51)61-60(73)62-53(34-74-61)64(82-35-47-19-20-48(36-82)85(47)69(89)94-70(6,7)8)78-67(77-62)92-38-71-23-12-26-84(71)49(22-24-71)37-91-68(88)81-29-27-80(28-30-81)57-33-56(95-79-57)58(41(2)3)66(87)83-25-11-13-55(83)65(86)76-42(4)44-14-16-45(17-15-44)63-43(5)75-39-96-63/h1,14-18,21,31-34,39,41-42,47-49,55,58H,11-13,19-20,22-30,35-38,40H2,2-9H3,(H,76,86). The van der Waals surface area contributed by atoms with Gasteiger partial charge in [0.1, 0.15) is 59.4 Å². The Morgan fingerprint density at radius 2 is 1.65 bits per heavy atom. The molecule has 506 valence electrons. The number of carbonyl (C=O) groups is 4. The van der Waals surface area contributed by atoms with Gasteiger partial charge in [-0.2, -0.15) is 9.97 Å². The largest absolute Gasteiger partial charge is 0.468 e. The van der Waals surface area contributed by atoms with Gasteiger partial charge in [-0.15, -0.1) is 17.8 Å². The summed E-state index contributed by atoms with van der Waals surface area (Å²) in [6, 6.07) is 14.6. The molecule has 6 aliphatic heterocycles. The van der Waals surface area contributed by atoms with Crippen LogP contribution in [0.1, 0.15) is 127 Å². The van der Waals surface area contributed by atoms with E-state index in [0.717, 1.165) is 66.8 Å². The number of thiazole rings is 1. The van der Waals surface area contributed by atoms with Gasteiger partial charge in [-0.05, 0) is 133 Å². The molecule has 2 bridgehead atoms. The number of halogens is 2. The van der Waals surface area contributed by atoms with Crippen LogP contribution in [0.15, 0.2) is 70.8 Å². The molecule has 25 heteroatoms. The maximum absolute atomic E-state index is 17.9. The number of terminal acetylenes is 1.